The summed E-state index contributed by atoms with van der Waals surface area (Å²) in [5.74, 6) is 0.771. The van der Waals surface area contributed by atoms with Crippen LogP contribution in [0.5, 0.6) is 5.75 Å². The number of para-hydroxylation sites is 2. The van der Waals surface area contributed by atoms with Crippen molar-refractivity contribution in [1.29, 1.82) is 0 Å². The lowest BCUT2D eigenvalue weighted by atomic mass is 9.86. The second-order valence-corrected chi connectivity index (χ2v) is 10.8. The first-order chi connectivity index (χ1) is 16.0. The van der Waals surface area contributed by atoms with Gasteiger partial charge in [-0.2, -0.15) is 0 Å². The number of sulfonamides is 1. The van der Waals surface area contributed by atoms with E-state index in [1.807, 2.05) is 35.2 Å². The highest BCUT2D eigenvalue weighted by Crippen LogP contribution is 2.45. The van der Waals surface area contributed by atoms with Crippen LogP contribution in [0, 0.1) is 0 Å². The minimum Gasteiger partial charge on any atom is -0.479 e. The molecular formula is C25H25N3O4S. The van der Waals surface area contributed by atoms with Gasteiger partial charge in [0, 0.05) is 43.7 Å². The number of piperidine rings is 1. The molecule has 0 bridgehead atoms. The van der Waals surface area contributed by atoms with Gasteiger partial charge in [0.05, 0.1) is 16.3 Å². The Morgan fingerprint density at radius 2 is 1.70 bits per heavy atom. The van der Waals surface area contributed by atoms with Crippen molar-refractivity contribution in [1.82, 2.24) is 14.2 Å². The van der Waals surface area contributed by atoms with Gasteiger partial charge in [-0.25, -0.2) is 13.1 Å². The first-order valence-electron chi connectivity index (χ1n) is 11.3. The lowest BCUT2D eigenvalue weighted by Crippen LogP contribution is -2.50. The van der Waals surface area contributed by atoms with Gasteiger partial charge in [-0.1, -0.05) is 12.1 Å². The molecule has 1 amide bonds. The molecule has 0 radical (unpaired) electrons. The van der Waals surface area contributed by atoms with E-state index in [4.69, 9.17) is 4.74 Å². The van der Waals surface area contributed by atoms with Crippen LogP contribution in [0.4, 0.5) is 0 Å². The van der Waals surface area contributed by atoms with E-state index in [9.17, 15) is 13.2 Å². The average molecular weight is 464 g/mol. The zero-order chi connectivity index (χ0) is 22.6. The van der Waals surface area contributed by atoms with Crippen LogP contribution in [0.1, 0.15) is 41.7 Å². The first-order valence-corrected chi connectivity index (χ1v) is 12.8. The largest absolute Gasteiger partial charge is 0.479 e. The summed E-state index contributed by atoms with van der Waals surface area (Å²) in [5.41, 5.74) is 2.19. The van der Waals surface area contributed by atoms with Gasteiger partial charge in [-0.05, 0) is 61.4 Å². The molecule has 2 fully saturated rings. The van der Waals surface area contributed by atoms with Crippen LogP contribution in [0.2, 0.25) is 0 Å². The third-order valence-electron chi connectivity index (χ3n) is 6.81. The Morgan fingerprint density at radius 3 is 2.42 bits per heavy atom. The molecule has 3 heterocycles. The molecule has 8 heteroatoms. The van der Waals surface area contributed by atoms with Crippen LogP contribution in [-0.4, -0.2) is 42.9 Å². The summed E-state index contributed by atoms with van der Waals surface area (Å²) >= 11 is 0. The van der Waals surface area contributed by atoms with Crippen molar-refractivity contribution in [3.8, 4) is 11.4 Å². The molecule has 2 aromatic carbocycles. The number of hydrogen-bond acceptors (Lipinski definition) is 4. The van der Waals surface area contributed by atoms with Crippen molar-refractivity contribution in [2.45, 2.75) is 42.2 Å². The summed E-state index contributed by atoms with van der Waals surface area (Å²) in [7, 11) is -3.52. The minimum absolute atomic E-state index is 0.0482. The quantitative estimate of drug-likeness (QED) is 0.643. The van der Waals surface area contributed by atoms with Crippen LogP contribution in [0.15, 0.2) is 71.8 Å². The molecule has 2 aliphatic heterocycles. The smallest absolute Gasteiger partial charge is 0.253 e. The van der Waals surface area contributed by atoms with E-state index < -0.39 is 15.6 Å². The van der Waals surface area contributed by atoms with Crippen molar-refractivity contribution in [2.24, 2.45) is 0 Å². The Labute approximate surface area is 193 Å². The maximum atomic E-state index is 13.1. The summed E-state index contributed by atoms with van der Waals surface area (Å²) < 4.78 is 36.1. The van der Waals surface area contributed by atoms with E-state index in [1.54, 1.807) is 12.1 Å². The molecule has 33 heavy (non-hydrogen) atoms. The summed E-state index contributed by atoms with van der Waals surface area (Å²) in [4.78, 5) is 15.1. The van der Waals surface area contributed by atoms with Crippen LogP contribution >= 0.6 is 0 Å². The zero-order valence-corrected chi connectivity index (χ0v) is 18.9. The SMILES string of the molecule is O=C(c1ccc(S(=O)(=O)NC2CC2)cc1)N1CCC2(CC1)Oc1ccccc1-n1cccc12. The second-order valence-electron chi connectivity index (χ2n) is 9.04. The molecule has 3 aromatic rings. The number of likely N-dealkylation sites (tertiary alicyclic amines) is 1. The Morgan fingerprint density at radius 1 is 0.970 bits per heavy atom. The van der Waals surface area contributed by atoms with Gasteiger partial charge in [0.15, 0.2) is 5.60 Å². The summed E-state index contributed by atoms with van der Waals surface area (Å²) in [6.45, 7) is 1.13. The molecule has 3 aliphatic rings. The van der Waals surface area contributed by atoms with Gasteiger partial charge >= 0.3 is 0 Å². The molecule has 1 saturated heterocycles. The number of hydrogen-bond donors (Lipinski definition) is 1. The van der Waals surface area contributed by atoms with Gasteiger partial charge in [-0.3, -0.25) is 4.79 Å². The van der Waals surface area contributed by atoms with E-state index in [-0.39, 0.29) is 16.8 Å². The van der Waals surface area contributed by atoms with E-state index in [0.29, 0.717) is 31.5 Å². The molecule has 1 aliphatic carbocycles. The predicted octanol–water partition coefficient (Wildman–Crippen LogP) is 3.44. The predicted molar refractivity (Wildman–Crippen MR) is 123 cm³/mol. The molecule has 1 N–H and O–H groups in total. The maximum absolute atomic E-state index is 13.1. The molecule has 170 valence electrons. The Hall–Kier alpha value is -3.10. The molecule has 0 unspecified atom stereocenters. The van der Waals surface area contributed by atoms with Gasteiger partial charge in [-0.15, -0.1) is 0 Å². The monoisotopic (exact) mass is 463 g/mol. The number of carbonyl (C=O) groups excluding carboxylic acids is 1. The molecule has 7 nitrogen and oxygen atoms in total. The Bertz CT molecular complexity index is 1320. The van der Waals surface area contributed by atoms with E-state index in [2.05, 4.69) is 21.6 Å². The van der Waals surface area contributed by atoms with Gasteiger partial charge in [0.2, 0.25) is 10.0 Å². The van der Waals surface area contributed by atoms with Crippen LogP contribution in [-0.2, 0) is 15.6 Å². The van der Waals surface area contributed by atoms with E-state index >= 15 is 0 Å². The summed E-state index contributed by atoms with van der Waals surface area (Å²) in [5, 5.41) is 0. The van der Waals surface area contributed by atoms with Gasteiger partial charge in [0.1, 0.15) is 5.75 Å². The average Bonchev–Trinajstić information content (AvgIpc) is 3.48. The van der Waals surface area contributed by atoms with Gasteiger partial charge < -0.3 is 14.2 Å². The van der Waals surface area contributed by atoms with Crippen molar-refractivity contribution in [3.63, 3.8) is 0 Å². The van der Waals surface area contributed by atoms with Crippen LogP contribution < -0.4 is 9.46 Å². The molecule has 1 saturated carbocycles. The number of aromatic nitrogens is 1. The normalized spacial score (nSPS) is 19.0. The topological polar surface area (TPSA) is 80.6 Å². The number of rotatable bonds is 4. The van der Waals surface area contributed by atoms with Crippen molar-refractivity contribution in [3.05, 3.63) is 78.1 Å². The number of ether oxygens (including phenoxy) is 1. The molecular weight excluding hydrogens is 438 g/mol. The fourth-order valence-corrected chi connectivity index (χ4v) is 6.15. The van der Waals surface area contributed by atoms with Crippen LogP contribution in [0.3, 0.4) is 0 Å². The third kappa shape index (κ3) is 3.54. The molecule has 6 rings (SSSR count). The zero-order valence-electron chi connectivity index (χ0n) is 18.1. The summed E-state index contributed by atoms with van der Waals surface area (Å²) in [6.07, 6.45) is 5.20. The van der Waals surface area contributed by atoms with Crippen molar-refractivity contribution in [2.75, 3.05) is 13.1 Å². The van der Waals surface area contributed by atoms with Crippen molar-refractivity contribution >= 4 is 15.9 Å². The molecule has 1 spiro atoms. The Balaban J connectivity index is 1.18. The molecule has 0 atom stereocenters. The lowest BCUT2D eigenvalue weighted by Gasteiger charge is -2.45. The minimum atomic E-state index is -3.52. The summed E-state index contributed by atoms with van der Waals surface area (Å²) in [6, 6.07) is 18.4. The second kappa shape index (κ2) is 7.46. The number of nitrogens with one attached hydrogen (secondary N) is 1. The third-order valence-corrected chi connectivity index (χ3v) is 8.35. The molecule has 1 aromatic heterocycles. The highest BCUT2D eigenvalue weighted by Gasteiger charge is 2.44. The van der Waals surface area contributed by atoms with E-state index in [0.717, 1.165) is 30.0 Å². The van der Waals surface area contributed by atoms with Crippen LogP contribution in [0.25, 0.3) is 5.69 Å². The number of benzene rings is 2. The van der Waals surface area contributed by atoms with Crippen molar-refractivity contribution < 1.29 is 17.9 Å². The number of carbonyl (C=O) groups is 1. The number of nitrogens with zero attached hydrogens (tertiary/aromatic N) is 2. The number of amides is 1. The lowest BCUT2D eigenvalue weighted by molar-refractivity contribution is -0.00931. The Kier molecular flexibility index (Phi) is 4.64. The van der Waals surface area contributed by atoms with E-state index in [1.165, 1.54) is 12.1 Å². The number of fused-ring (bicyclic) bond motifs is 4. The fourth-order valence-electron chi connectivity index (χ4n) is 4.84. The standard InChI is InChI=1S/C25H25N3O4S/c29-24(18-7-11-20(12-8-18)33(30,31)26-19-9-10-19)27-16-13-25(14-17-27)23-6-3-15-28(23)21-4-1-2-5-22(21)32-25/h1-8,11-12,15,19,26H,9-10,13-14,16-17H2. The fraction of sp³-hybridized carbons (Fsp3) is 0.320. The first kappa shape index (κ1) is 20.5. The maximum Gasteiger partial charge on any atom is 0.253 e. The van der Waals surface area contributed by atoms with Gasteiger partial charge in [0.25, 0.3) is 5.91 Å². The highest BCUT2D eigenvalue weighted by atomic mass is 32.2. The highest BCUT2D eigenvalue weighted by molar-refractivity contribution is 7.89.